The van der Waals surface area contributed by atoms with Crippen LogP contribution in [0.5, 0.6) is 0 Å². The second-order valence-corrected chi connectivity index (χ2v) is 6.34. The number of benzene rings is 1. The van der Waals surface area contributed by atoms with Gasteiger partial charge in [0.1, 0.15) is 0 Å². The zero-order chi connectivity index (χ0) is 13.9. The molecule has 2 atom stereocenters. The fraction of sp³-hybridized carbons (Fsp3) is 0.647. The van der Waals surface area contributed by atoms with Crippen molar-refractivity contribution in [2.75, 3.05) is 18.6 Å². The molecule has 1 nitrogen and oxygen atoms in total. The summed E-state index contributed by atoms with van der Waals surface area (Å²) in [6, 6.07) is 11.4. The van der Waals surface area contributed by atoms with Crippen molar-refractivity contribution in [3.8, 4) is 0 Å². The van der Waals surface area contributed by atoms with Gasteiger partial charge in [0, 0.05) is 6.04 Å². The molecule has 0 aliphatic heterocycles. The first-order valence-corrected chi connectivity index (χ1v) is 8.94. The van der Waals surface area contributed by atoms with Crippen LogP contribution in [0.2, 0.25) is 0 Å². The Morgan fingerprint density at radius 1 is 1.16 bits per heavy atom. The van der Waals surface area contributed by atoms with Crippen molar-refractivity contribution < 1.29 is 0 Å². The van der Waals surface area contributed by atoms with E-state index in [4.69, 9.17) is 0 Å². The molecule has 2 heteroatoms. The Balaban J connectivity index is 2.49. The van der Waals surface area contributed by atoms with E-state index in [-0.39, 0.29) is 0 Å². The third-order valence-corrected chi connectivity index (χ3v) is 4.36. The van der Waals surface area contributed by atoms with Crippen LogP contribution in [0.15, 0.2) is 30.3 Å². The van der Waals surface area contributed by atoms with E-state index in [0.717, 1.165) is 12.5 Å². The molecule has 1 aromatic rings. The smallest absolute Gasteiger partial charge is 0.0320 e. The van der Waals surface area contributed by atoms with E-state index in [1.165, 1.54) is 37.0 Å². The number of unbranched alkanes of at least 4 members (excludes halogenated alkanes) is 2. The SMILES string of the molecule is CCCCCC(NCC(C)CSC)c1ccccc1. The Bertz CT molecular complexity index is 312. The second-order valence-electron chi connectivity index (χ2n) is 5.43. The molecule has 0 aliphatic rings. The van der Waals surface area contributed by atoms with Gasteiger partial charge in [-0.25, -0.2) is 0 Å². The molecule has 0 spiro atoms. The predicted molar refractivity (Wildman–Crippen MR) is 88.9 cm³/mol. The normalized spacial score (nSPS) is 14.3. The summed E-state index contributed by atoms with van der Waals surface area (Å²) >= 11 is 1.94. The number of nitrogens with one attached hydrogen (secondary N) is 1. The van der Waals surface area contributed by atoms with E-state index in [0.29, 0.717) is 6.04 Å². The zero-order valence-electron chi connectivity index (χ0n) is 12.7. The minimum Gasteiger partial charge on any atom is -0.310 e. The highest BCUT2D eigenvalue weighted by Crippen LogP contribution is 2.20. The lowest BCUT2D eigenvalue weighted by Crippen LogP contribution is -2.27. The molecule has 0 saturated carbocycles. The van der Waals surface area contributed by atoms with Crippen molar-refractivity contribution in [1.82, 2.24) is 5.32 Å². The maximum atomic E-state index is 3.77. The molecular formula is C17H29NS. The van der Waals surface area contributed by atoms with Gasteiger partial charge in [-0.2, -0.15) is 11.8 Å². The lowest BCUT2D eigenvalue weighted by Gasteiger charge is -2.21. The van der Waals surface area contributed by atoms with Crippen LogP contribution in [0.3, 0.4) is 0 Å². The lowest BCUT2D eigenvalue weighted by atomic mass is 10.00. The summed E-state index contributed by atoms with van der Waals surface area (Å²) in [4.78, 5) is 0. The van der Waals surface area contributed by atoms with E-state index in [1.54, 1.807) is 0 Å². The van der Waals surface area contributed by atoms with Gasteiger partial charge in [0.2, 0.25) is 0 Å². The van der Waals surface area contributed by atoms with Gasteiger partial charge in [-0.1, -0.05) is 63.4 Å². The van der Waals surface area contributed by atoms with Crippen LogP contribution in [-0.4, -0.2) is 18.6 Å². The Morgan fingerprint density at radius 3 is 2.53 bits per heavy atom. The monoisotopic (exact) mass is 279 g/mol. The maximum Gasteiger partial charge on any atom is 0.0320 e. The van der Waals surface area contributed by atoms with Gasteiger partial charge >= 0.3 is 0 Å². The number of rotatable bonds is 10. The molecule has 1 aromatic carbocycles. The van der Waals surface area contributed by atoms with E-state index < -0.39 is 0 Å². The first-order chi connectivity index (χ1) is 9.27. The highest BCUT2D eigenvalue weighted by molar-refractivity contribution is 7.98. The molecule has 1 rings (SSSR count). The Labute approximate surface area is 123 Å². The van der Waals surface area contributed by atoms with Crippen molar-refractivity contribution in [2.45, 2.75) is 45.6 Å². The topological polar surface area (TPSA) is 12.0 Å². The molecule has 0 bridgehead atoms. The van der Waals surface area contributed by atoms with Gasteiger partial charge in [0.05, 0.1) is 0 Å². The van der Waals surface area contributed by atoms with Crippen LogP contribution in [0.25, 0.3) is 0 Å². The highest BCUT2D eigenvalue weighted by atomic mass is 32.2. The van der Waals surface area contributed by atoms with Gasteiger partial charge in [-0.05, 0) is 36.5 Å². The molecule has 0 aromatic heterocycles. The van der Waals surface area contributed by atoms with Crippen molar-refractivity contribution >= 4 is 11.8 Å². The number of hydrogen-bond acceptors (Lipinski definition) is 2. The largest absolute Gasteiger partial charge is 0.310 e. The van der Waals surface area contributed by atoms with Gasteiger partial charge < -0.3 is 5.32 Å². The zero-order valence-corrected chi connectivity index (χ0v) is 13.5. The maximum absolute atomic E-state index is 3.77. The van der Waals surface area contributed by atoms with E-state index in [2.05, 4.69) is 55.8 Å². The molecular weight excluding hydrogens is 250 g/mol. The molecule has 2 unspecified atom stereocenters. The van der Waals surface area contributed by atoms with Gasteiger partial charge in [0.15, 0.2) is 0 Å². The Morgan fingerprint density at radius 2 is 1.89 bits per heavy atom. The third-order valence-electron chi connectivity index (χ3n) is 3.46. The lowest BCUT2D eigenvalue weighted by molar-refractivity contribution is 0.440. The highest BCUT2D eigenvalue weighted by Gasteiger charge is 2.11. The van der Waals surface area contributed by atoms with E-state index >= 15 is 0 Å². The summed E-state index contributed by atoms with van der Waals surface area (Å²) in [5.74, 6) is 1.98. The summed E-state index contributed by atoms with van der Waals surface area (Å²) in [7, 11) is 0. The molecule has 0 amide bonds. The van der Waals surface area contributed by atoms with Gasteiger partial charge in [-0.3, -0.25) is 0 Å². The van der Waals surface area contributed by atoms with Crippen LogP contribution < -0.4 is 5.32 Å². The van der Waals surface area contributed by atoms with Crippen molar-refractivity contribution in [3.05, 3.63) is 35.9 Å². The fourth-order valence-electron chi connectivity index (χ4n) is 2.36. The van der Waals surface area contributed by atoms with Gasteiger partial charge in [0.25, 0.3) is 0 Å². The first-order valence-electron chi connectivity index (χ1n) is 7.55. The minimum atomic E-state index is 0.525. The summed E-state index contributed by atoms with van der Waals surface area (Å²) in [5.41, 5.74) is 1.44. The standard InChI is InChI=1S/C17H29NS/c1-4-5-7-12-17(16-10-8-6-9-11-16)18-13-15(2)14-19-3/h6,8-11,15,17-18H,4-5,7,12-14H2,1-3H3. The third kappa shape index (κ3) is 7.03. The van der Waals surface area contributed by atoms with Gasteiger partial charge in [-0.15, -0.1) is 0 Å². The molecule has 19 heavy (non-hydrogen) atoms. The van der Waals surface area contributed by atoms with Crippen molar-refractivity contribution in [2.24, 2.45) is 5.92 Å². The Hall–Kier alpha value is -0.470. The van der Waals surface area contributed by atoms with E-state index in [9.17, 15) is 0 Å². The molecule has 1 N–H and O–H groups in total. The quantitative estimate of drug-likeness (QED) is 0.612. The molecule has 0 radical (unpaired) electrons. The summed E-state index contributed by atoms with van der Waals surface area (Å²) in [5, 5.41) is 3.77. The fourth-order valence-corrected chi connectivity index (χ4v) is 3.04. The first kappa shape index (κ1) is 16.6. The Kier molecular flexibility index (Phi) is 9.02. The summed E-state index contributed by atoms with van der Waals surface area (Å²) < 4.78 is 0. The van der Waals surface area contributed by atoms with Crippen LogP contribution in [0, 0.1) is 5.92 Å². The molecule has 0 heterocycles. The minimum absolute atomic E-state index is 0.525. The average molecular weight is 279 g/mol. The van der Waals surface area contributed by atoms with E-state index in [1.807, 2.05) is 11.8 Å². The molecule has 0 fully saturated rings. The molecule has 108 valence electrons. The summed E-state index contributed by atoms with van der Waals surface area (Å²) in [6.45, 7) is 5.72. The van der Waals surface area contributed by atoms with Crippen LogP contribution in [-0.2, 0) is 0 Å². The van der Waals surface area contributed by atoms with Crippen LogP contribution >= 0.6 is 11.8 Å². The van der Waals surface area contributed by atoms with Crippen LogP contribution in [0.4, 0.5) is 0 Å². The van der Waals surface area contributed by atoms with Crippen LogP contribution in [0.1, 0.15) is 51.1 Å². The second kappa shape index (κ2) is 10.3. The number of hydrogen-bond donors (Lipinski definition) is 1. The van der Waals surface area contributed by atoms with Crippen molar-refractivity contribution in [1.29, 1.82) is 0 Å². The predicted octanol–water partition coefficient (Wildman–Crippen LogP) is 4.90. The molecule has 0 saturated heterocycles. The average Bonchev–Trinajstić information content (AvgIpc) is 2.44. The number of thioether (sulfide) groups is 1. The molecule has 0 aliphatic carbocycles. The van der Waals surface area contributed by atoms with Crippen molar-refractivity contribution in [3.63, 3.8) is 0 Å². The summed E-state index contributed by atoms with van der Waals surface area (Å²) in [6.07, 6.45) is 7.39.